The Kier molecular flexibility index (Phi) is 3.04. The topological polar surface area (TPSA) is 35.0 Å². The molecule has 2 aromatic rings. The number of nitrogens with zero attached hydrogens (tertiary/aromatic N) is 2. The van der Waals surface area contributed by atoms with Crippen molar-refractivity contribution in [1.29, 1.82) is 0 Å². The fourth-order valence-corrected chi connectivity index (χ4v) is 2.49. The summed E-state index contributed by atoms with van der Waals surface area (Å²) < 4.78 is 5.80. The van der Waals surface area contributed by atoms with Crippen molar-refractivity contribution in [1.82, 2.24) is 9.97 Å². The Morgan fingerprint density at radius 2 is 2.06 bits per heavy atom. The summed E-state index contributed by atoms with van der Waals surface area (Å²) in [6, 6.07) is 9.99. The van der Waals surface area contributed by atoms with Gasteiger partial charge in [0.15, 0.2) is 5.82 Å². The van der Waals surface area contributed by atoms with Crippen molar-refractivity contribution < 1.29 is 4.74 Å². The molecule has 92 valence electrons. The SMILES string of the molecule is Cc1nc(-c2ccccc2)nc2c1C[C@@H](CBr)O2. The standard InChI is InChI=1S/C14H13BrN2O/c1-9-12-7-11(8-15)18-14(12)17-13(16-9)10-5-3-2-4-6-10/h2-6,11H,7-8H2,1H3/t11-/m0/s1. The number of alkyl halides is 1. The molecule has 0 aliphatic carbocycles. The van der Waals surface area contributed by atoms with Gasteiger partial charge in [-0.1, -0.05) is 46.3 Å². The number of hydrogen-bond acceptors (Lipinski definition) is 3. The van der Waals surface area contributed by atoms with E-state index in [9.17, 15) is 0 Å². The molecular formula is C14H13BrN2O. The second-order valence-electron chi connectivity index (χ2n) is 4.38. The van der Waals surface area contributed by atoms with Gasteiger partial charge in [0.2, 0.25) is 5.88 Å². The third kappa shape index (κ3) is 2.01. The highest BCUT2D eigenvalue weighted by molar-refractivity contribution is 9.09. The van der Waals surface area contributed by atoms with Crippen LogP contribution in [0.4, 0.5) is 0 Å². The Hall–Kier alpha value is -1.42. The average Bonchev–Trinajstić information content (AvgIpc) is 2.83. The van der Waals surface area contributed by atoms with Crippen LogP contribution in [-0.4, -0.2) is 21.4 Å². The molecule has 4 heteroatoms. The predicted molar refractivity (Wildman–Crippen MR) is 74.1 cm³/mol. The van der Waals surface area contributed by atoms with Crippen molar-refractivity contribution in [3.63, 3.8) is 0 Å². The highest BCUT2D eigenvalue weighted by Gasteiger charge is 2.26. The average molecular weight is 305 g/mol. The van der Waals surface area contributed by atoms with Crippen LogP contribution in [0.5, 0.6) is 5.88 Å². The van der Waals surface area contributed by atoms with Crippen molar-refractivity contribution in [3.05, 3.63) is 41.6 Å². The minimum Gasteiger partial charge on any atom is -0.473 e. The number of hydrogen-bond donors (Lipinski definition) is 0. The summed E-state index contributed by atoms with van der Waals surface area (Å²) in [5, 5.41) is 0.823. The maximum atomic E-state index is 5.80. The number of benzene rings is 1. The molecule has 18 heavy (non-hydrogen) atoms. The quantitative estimate of drug-likeness (QED) is 0.800. The molecule has 0 bridgehead atoms. The van der Waals surface area contributed by atoms with Gasteiger partial charge in [0.1, 0.15) is 6.10 Å². The number of aryl methyl sites for hydroxylation is 1. The second-order valence-corrected chi connectivity index (χ2v) is 5.03. The maximum absolute atomic E-state index is 5.80. The van der Waals surface area contributed by atoms with Crippen LogP contribution in [0.1, 0.15) is 11.3 Å². The van der Waals surface area contributed by atoms with Gasteiger partial charge >= 0.3 is 0 Å². The van der Waals surface area contributed by atoms with Crippen LogP contribution in [0, 0.1) is 6.92 Å². The summed E-state index contributed by atoms with van der Waals surface area (Å²) in [6.45, 7) is 2.02. The lowest BCUT2D eigenvalue weighted by Crippen LogP contribution is -2.14. The Labute approximate surface area is 114 Å². The Morgan fingerprint density at radius 1 is 1.28 bits per heavy atom. The van der Waals surface area contributed by atoms with Gasteiger partial charge in [-0.25, -0.2) is 4.98 Å². The van der Waals surface area contributed by atoms with Crippen LogP contribution in [0.3, 0.4) is 0 Å². The molecule has 2 heterocycles. The van der Waals surface area contributed by atoms with Gasteiger partial charge in [-0.15, -0.1) is 0 Å². The Balaban J connectivity index is 2.04. The summed E-state index contributed by atoms with van der Waals surface area (Å²) in [6.07, 6.45) is 1.07. The van der Waals surface area contributed by atoms with Crippen LogP contribution in [0.25, 0.3) is 11.4 Å². The van der Waals surface area contributed by atoms with E-state index in [0.717, 1.165) is 40.3 Å². The van der Waals surface area contributed by atoms with Gasteiger partial charge in [-0.05, 0) is 6.92 Å². The molecular weight excluding hydrogens is 292 g/mol. The highest BCUT2D eigenvalue weighted by atomic mass is 79.9. The van der Waals surface area contributed by atoms with E-state index in [0.29, 0.717) is 0 Å². The first-order valence-electron chi connectivity index (χ1n) is 5.93. The number of aromatic nitrogens is 2. The lowest BCUT2D eigenvalue weighted by molar-refractivity contribution is 0.252. The molecule has 0 saturated carbocycles. The summed E-state index contributed by atoms with van der Waals surface area (Å²) in [5.41, 5.74) is 3.18. The van der Waals surface area contributed by atoms with Crippen LogP contribution in [-0.2, 0) is 6.42 Å². The van der Waals surface area contributed by atoms with Crippen molar-refractivity contribution >= 4 is 15.9 Å². The molecule has 3 nitrogen and oxygen atoms in total. The smallest absolute Gasteiger partial charge is 0.220 e. The second kappa shape index (κ2) is 4.69. The molecule has 1 aliphatic heterocycles. The van der Waals surface area contributed by atoms with Gasteiger partial charge in [0, 0.05) is 28.6 Å². The maximum Gasteiger partial charge on any atom is 0.220 e. The first kappa shape index (κ1) is 11.7. The predicted octanol–water partition coefficient (Wildman–Crippen LogP) is 3.15. The number of ether oxygens (including phenoxy) is 1. The zero-order valence-electron chi connectivity index (χ0n) is 10.1. The number of rotatable bonds is 2. The molecule has 1 aromatic carbocycles. The van der Waals surface area contributed by atoms with Gasteiger partial charge in [0.05, 0.1) is 0 Å². The van der Waals surface area contributed by atoms with E-state index >= 15 is 0 Å². The molecule has 0 saturated heterocycles. The van der Waals surface area contributed by atoms with E-state index in [1.54, 1.807) is 0 Å². The van der Waals surface area contributed by atoms with Gasteiger partial charge in [-0.3, -0.25) is 0 Å². The van der Waals surface area contributed by atoms with E-state index in [2.05, 4.69) is 25.9 Å². The van der Waals surface area contributed by atoms with Crippen molar-refractivity contribution in [2.75, 3.05) is 5.33 Å². The van der Waals surface area contributed by atoms with Gasteiger partial charge < -0.3 is 4.74 Å². The molecule has 0 radical (unpaired) electrons. The zero-order chi connectivity index (χ0) is 12.5. The van der Waals surface area contributed by atoms with Crippen molar-refractivity contribution in [3.8, 4) is 17.3 Å². The van der Waals surface area contributed by atoms with E-state index in [4.69, 9.17) is 4.74 Å². The summed E-state index contributed by atoms with van der Waals surface area (Å²) in [7, 11) is 0. The third-order valence-electron chi connectivity index (χ3n) is 3.09. The minimum absolute atomic E-state index is 0.180. The molecule has 3 rings (SSSR count). The lowest BCUT2D eigenvalue weighted by Gasteiger charge is -2.06. The van der Waals surface area contributed by atoms with Gasteiger partial charge in [-0.2, -0.15) is 4.98 Å². The first-order valence-corrected chi connectivity index (χ1v) is 7.05. The Morgan fingerprint density at radius 3 is 2.78 bits per heavy atom. The zero-order valence-corrected chi connectivity index (χ0v) is 11.6. The molecule has 0 N–H and O–H groups in total. The largest absolute Gasteiger partial charge is 0.473 e. The van der Waals surface area contributed by atoms with E-state index in [-0.39, 0.29) is 6.10 Å². The fourth-order valence-electron chi connectivity index (χ4n) is 2.13. The molecule has 1 aliphatic rings. The molecule has 0 unspecified atom stereocenters. The number of halogens is 1. The monoisotopic (exact) mass is 304 g/mol. The van der Waals surface area contributed by atoms with E-state index in [1.807, 2.05) is 37.3 Å². The molecule has 0 amide bonds. The highest BCUT2D eigenvalue weighted by Crippen LogP contribution is 2.31. The molecule has 0 fully saturated rings. The normalized spacial score (nSPS) is 17.3. The van der Waals surface area contributed by atoms with Crippen LogP contribution in [0.15, 0.2) is 30.3 Å². The molecule has 1 atom stereocenters. The summed E-state index contributed by atoms with van der Waals surface area (Å²) in [5.74, 6) is 1.48. The molecule has 1 aromatic heterocycles. The molecule has 0 spiro atoms. The van der Waals surface area contributed by atoms with Gasteiger partial charge in [0.25, 0.3) is 0 Å². The first-order chi connectivity index (χ1) is 8.78. The van der Waals surface area contributed by atoms with E-state index in [1.165, 1.54) is 0 Å². The fraction of sp³-hybridized carbons (Fsp3) is 0.286. The van der Waals surface area contributed by atoms with Crippen molar-refractivity contribution in [2.24, 2.45) is 0 Å². The summed E-state index contributed by atoms with van der Waals surface area (Å²) in [4.78, 5) is 9.11. The van der Waals surface area contributed by atoms with Crippen LogP contribution < -0.4 is 4.74 Å². The third-order valence-corrected chi connectivity index (χ3v) is 3.81. The van der Waals surface area contributed by atoms with Crippen molar-refractivity contribution in [2.45, 2.75) is 19.4 Å². The van der Waals surface area contributed by atoms with E-state index < -0.39 is 0 Å². The summed E-state index contributed by atoms with van der Waals surface area (Å²) >= 11 is 3.45. The van der Waals surface area contributed by atoms with Crippen LogP contribution >= 0.6 is 15.9 Å². The lowest BCUT2D eigenvalue weighted by atomic mass is 10.1. The minimum atomic E-state index is 0.180. The Bertz CT molecular complexity index is 572. The van der Waals surface area contributed by atoms with Crippen LogP contribution in [0.2, 0.25) is 0 Å². The number of fused-ring (bicyclic) bond motifs is 1.